The number of amides is 1. The summed E-state index contributed by atoms with van der Waals surface area (Å²) in [5, 5.41) is 2.68. The Morgan fingerprint density at radius 1 is 1.44 bits per heavy atom. The number of hydrogen-bond acceptors (Lipinski definition) is 1. The Labute approximate surface area is 97.3 Å². The molecule has 0 aromatic rings. The van der Waals surface area contributed by atoms with Gasteiger partial charge >= 0.3 is 0 Å². The smallest absolute Gasteiger partial charge is 0.261 e. The lowest BCUT2D eigenvalue weighted by Crippen LogP contribution is -2.43. The van der Waals surface area contributed by atoms with Gasteiger partial charge in [0.15, 0.2) is 0 Å². The van der Waals surface area contributed by atoms with Gasteiger partial charge in [-0.25, -0.2) is 4.39 Å². The minimum Gasteiger partial charge on any atom is -0.353 e. The van der Waals surface area contributed by atoms with Crippen LogP contribution in [0.1, 0.15) is 46.0 Å². The van der Waals surface area contributed by atoms with Crippen molar-refractivity contribution in [3.63, 3.8) is 0 Å². The van der Waals surface area contributed by atoms with E-state index in [0.29, 0.717) is 18.9 Å². The lowest BCUT2D eigenvalue weighted by atomic mass is 9.93. The highest BCUT2D eigenvalue weighted by molar-refractivity contribution is 5.87. The average molecular weight is 227 g/mol. The molecule has 0 fully saturated rings. The second kappa shape index (κ2) is 6.02. The zero-order valence-electron chi connectivity index (χ0n) is 10.3. The van der Waals surface area contributed by atoms with Crippen LogP contribution >= 0.6 is 0 Å². The van der Waals surface area contributed by atoms with Crippen molar-refractivity contribution >= 4 is 5.91 Å². The molecule has 3 heteroatoms. The number of nitrogens with one attached hydrogen (secondary N) is 1. The van der Waals surface area contributed by atoms with Crippen molar-refractivity contribution in [2.75, 3.05) is 6.54 Å². The van der Waals surface area contributed by atoms with Gasteiger partial charge in [0, 0.05) is 6.54 Å². The van der Waals surface area contributed by atoms with E-state index < -0.39 is 11.6 Å². The van der Waals surface area contributed by atoms with E-state index in [9.17, 15) is 9.18 Å². The van der Waals surface area contributed by atoms with Crippen molar-refractivity contribution in [3.05, 3.63) is 12.2 Å². The summed E-state index contributed by atoms with van der Waals surface area (Å²) in [6, 6.07) is 0. The molecule has 0 aromatic carbocycles. The first kappa shape index (κ1) is 13.2. The molecule has 0 saturated carbocycles. The van der Waals surface area contributed by atoms with E-state index in [1.165, 1.54) is 6.08 Å². The number of carbonyl (C=O) groups excluding carboxylic acids is 1. The maximum atomic E-state index is 14.4. The molecule has 92 valence electrons. The number of rotatable bonds is 3. The van der Waals surface area contributed by atoms with E-state index in [0.717, 1.165) is 25.7 Å². The van der Waals surface area contributed by atoms with Gasteiger partial charge in [-0.2, -0.15) is 0 Å². The largest absolute Gasteiger partial charge is 0.353 e. The summed E-state index contributed by atoms with van der Waals surface area (Å²) in [7, 11) is 0. The summed E-state index contributed by atoms with van der Waals surface area (Å²) in [5.41, 5.74) is -1.78. The molecule has 16 heavy (non-hydrogen) atoms. The second-order valence-corrected chi connectivity index (χ2v) is 4.97. The molecule has 0 radical (unpaired) electrons. The minimum absolute atomic E-state index is 0.313. The molecule has 1 amide bonds. The zero-order valence-corrected chi connectivity index (χ0v) is 10.3. The Bertz CT molecular complexity index is 263. The molecule has 0 aromatic heterocycles. The first-order valence-corrected chi connectivity index (χ1v) is 6.19. The fourth-order valence-electron chi connectivity index (χ4n) is 1.81. The van der Waals surface area contributed by atoms with Crippen molar-refractivity contribution < 1.29 is 9.18 Å². The molecule has 0 aliphatic heterocycles. The highest BCUT2D eigenvalue weighted by Crippen LogP contribution is 2.25. The van der Waals surface area contributed by atoms with Gasteiger partial charge in [0.05, 0.1) is 0 Å². The third-order valence-corrected chi connectivity index (χ3v) is 2.84. The highest BCUT2D eigenvalue weighted by Gasteiger charge is 2.35. The summed E-state index contributed by atoms with van der Waals surface area (Å²) in [4.78, 5) is 11.8. The fourth-order valence-corrected chi connectivity index (χ4v) is 1.81. The van der Waals surface area contributed by atoms with Crippen molar-refractivity contribution in [2.24, 2.45) is 5.92 Å². The molecular weight excluding hydrogens is 205 g/mol. The molecule has 1 aliphatic rings. The van der Waals surface area contributed by atoms with Crippen molar-refractivity contribution in [1.29, 1.82) is 0 Å². The number of allylic oxidation sites excluding steroid dienone is 1. The Kier molecular flexibility index (Phi) is 4.97. The molecule has 1 unspecified atom stereocenters. The van der Waals surface area contributed by atoms with Crippen molar-refractivity contribution in [2.45, 2.75) is 51.6 Å². The van der Waals surface area contributed by atoms with Crippen LogP contribution in [0, 0.1) is 5.92 Å². The molecule has 0 bridgehead atoms. The molecule has 2 nitrogen and oxygen atoms in total. The summed E-state index contributed by atoms with van der Waals surface area (Å²) in [6.45, 7) is 4.54. The number of halogens is 1. The molecule has 0 spiro atoms. The van der Waals surface area contributed by atoms with Crippen LogP contribution in [0.5, 0.6) is 0 Å². The number of alkyl halides is 1. The van der Waals surface area contributed by atoms with Gasteiger partial charge in [-0.15, -0.1) is 0 Å². The third-order valence-electron chi connectivity index (χ3n) is 2.84. The quantitative estimate of drug-likeness (QED) is 0.738. The first-order chi connectivity index (χ1) is 7.54. The number of hydrogen-bond donors (Lipinski definition) is 1. The molecule has 0 heterocycles. The van der Waals surface area contributed by atoms with E-state index in [1.807, 2.05) is 13.8 Å². The van der Waals surface area contributed by atoms with Crippen molar-refractivity contribution in [1.82, 2.24) is 5.32 Å². The maximum absolute atomic E-state index is 14.4. The van der Waals surface area contributed by atoms with Crippen LogP contribution < -0.4 is 5.32 Å². The normalized spacial score (nSPS) is 28.2. The van der Waals surface area contributed by atoms with E-state index in [4.69, 9.17) is 0 Å². The van der Waals surface area contributed by atoms with Gasteiger partial charge in [-0.05, 0) is 37.7 Å². The van der Waals surface area contributed by atoms with E-state index in [1.54, 1.807) is 6.08 Å². The summed E-state index contributed by atoms with van der Waals surface area (Å²) in [5.74, 6) is -0.121. The lowest BCUT2D eigenvalue weighted by molar-refractivity contribution is -0.130. The van der Waals surface area contributed by atoms with Crippen molar-refractivity contribution in [3.8, 4) is 0 Å². The topological polar surface area (TPSA) is 29.1 Å². The van der Waals surface area contributed by atoms with Gasteiger partial charge < -0.3 is 5.32 Å². The van der Waals surface area contributed by atoms with Crippen LogP contribution in [0.25, 0.3) is 0 Å². The lowest BCUT2D eigenvalue weighted by Gasteiger charge is -2.23. The van der Waals surface area contributed by atoms with Crippen LogP contribution in [0.2, 0.25) is 0 Å². The van der Waals surface area contributed by atoms with Gasteiger partial charge in [0.25, 0.3) is 5.91 Å². The van der Waals surface area contributed by atoms with E-state index in [2.05, 4.69) is 5.32 Å². The Balaban J connectivity index is 2.58. The van der Waals surface area contributed by atoms with Crippen LogP contribution in [0.15, 0.2) is 12.2 Å². The maximum Gasteiger partial charge on any atom is 0.261 e. The average Bonchev–Trinajstić information content (AvgIpc) is 2.20. The van der Waals surface area contributed by atoms with E-state index in [-0.39, 0.29) is 0 Å². The first-order valence-electron chi connectivity index (χ1n) is 6.19. The third kappa shape index (κ3) is 3.95. The van der Waals surface area contributed by atoms with Crippen LogP contribution in [-0.4, -0.2) is 18.1 Å². The van der Waals surface area contributed by atoms with Gasteiger partial charge in [0.1, 0.15) is 0 Å². The fraction of sp³-hybridized carbons (Fsp3) is 0.769. The molecule has 0 saturated heterocycles. The Morgan fingerprint density at radius 2 is 2.19 bits per heavy atom. The predicted molar refractivity (Wildman–Crippen MR) is 63.9 cm³/mol. The van der Waals surface area contributed by atoms with Gasteiger partial charge in [-0.1, -0.05) is 26.3 Å². The predicted octanol–water partition coefficient (Wildman–Crippen LogP) is 2.99. The van der Waals surface area contributed by atoms with Crippen LogP contribution in [-0.2, 0) is 4.79 Å². The van der Waals surface area contributed by atoms with E-state index >= 15 is 0 Å². The summed E-state index contributed by atoms with van der Waals surface area (Å²) in [6.07, 6.45) is 7.33. The summed E-state index contributed by atoms with van der Waals surface area (Å²) >= 11 is 0. The Morgan fingerprint density at radius 3 is 2.88 bits per heavy atom. The molecule has 1 atom stereocenters. The Hall–Kier alpha value is -0.860. The van der Waals surface area contributed by atoms with Gasteiger partial charge in [0.2, 0.25) is 5.67 Å². The van der Waals surface area contributed by atoms with Gasteiger partial charge in [-0.3, -0.25) is 4.79 Å². The molecule has 1 aliphatic carbocycles. The molecule has 1 rings (SSSR count). The number of carbonyl (C=O) groups is 1. The SMILES string of the molecule is CC(C)CNC(=O)C1(F)/C=C\CCCCC1. The highest BCUT2D eigenvalue weighted by atomic mass is 19.1. The summed E-state index contributed by atoms with van der Waals surface area (Å²) < 4.78 is 14.4. The monoisotopic (exact) mass is 227 g/mol. The standard InChI is InChI=1S/C13H22FNO/c1-11(2)10-15-12(16)13(14)8-6-4-3-5-7-9-13/h6,8,11H,3-5,7,9-10H2,1-2H3,(H,15,16)/b8-6-. The van der Waals surface area contributed by atoms with Crippen LogP contribution in [0.4, 0.5) is 4.39 Å². The second-order valence-electron chi connectivity index (χ2n) is 4.97. The van der Waals surface area contributed by atoms with Crippen LogP contribution in [0.3, 0.4) is 0 Å². The molecular formula is C13H22FNO. The molecule has 1 N–H and O–H groups in total. The zero-order chi connectivity index (χ0) is 12.0. The minimum atomic E-state index is -1.78.